The van der Waals surface area contributed by atoms with Gasteiger partial charge in [-0.1, -0.05) is 26.0 Å². The van der Waals surface area contributed by atoms with Crippen LogP contribution < -0.4 is 5.32 Å². The topological polar surface area (TPSA) is 94.3 Å². The number of aliphatic imine (C=N–C) groups is 1. The van der Waals surface area contributed by atoms with Gasteiger partial charge in [-0.2, -0.15) is 0 Å². The summed E-state index contributed by atoms with van der Waals surface area (Å²) in [6.45, 7) is 11.2. The molecular formula is C22H35IN6O3. The predicted molar refractivity (Wildman–Crippen MR) is 136 cm³/mol. The maximum absolute atomic E-state index is 12.4. The van der Waals surface area contributed by atoms with Gasteiger partial charge in [0, 0.05) is 57.9 Å². The summed E-state index contributed by atoms with van der Waals surface area (Å²) in [6.07, 6.45) is 2.24. The summed E-state index contributed by atoms with van der Waals surface area (Å²) in [5, 5.41) is 14.3. The number of nitrogens with zero attached hydrogens (tertiary/aromatic N) is 5. The van der Waals surface area contributed by atoms with Crippen LogP contribution in [0.4, 0.5) is 5.69 Å². The third kappa shape index (κ3) is 7.88. The number of piperazine rings is 1. The number of amides is 1. The lowest BCUT2D eigenvalue weighted by Gasteiger charge is -2.37. The SMILES string of the molecule is CC(C)CNC(=NCc1ccc([N+](=O)[O-])cc1)N1CCN(CC(=O)N2CCCC2)CC1.I. The maximum Gasteiger partial charge on any atom is 0.269 e. The van der Waals surface area contributed by atoms with Gasteiger partial charge in [-0.25, -0.2) is 4.99 Å². The van der Waals surface area contributed by atoms with Crippen molar-refractivity contribution in [2.45, 2.75) is 33.2 Å². The molecule has 2 saturated heterocycles. The van der Waals surface area contributed by atoms with Crippen molar-refractivity contribution in [3.8, 4) is 0 Å². The Bertz CT molecular complexity index is 772. The highest BCUT2D eigenvalue weighted by molar-refractivity contribution is 14.0. The van der Waals surface area contributed by atoms with E-state index < -0.39 is 4.92 Å². The maximum atomic E-state index is 12.4. The number of rotatable bonds is 7. The van der Waals surface area contributed by atoms with Crippen molar-refractivity contribution in [2.75, 3.05) is 52.4 Å². The van der Waals surface area contributed by atoms with Gasteiger partial charge in [-0.3, -0.25) is 19.8 Å². The van der Waals surface area contributed by atoms with E-state index in [1.54, 1.807) is 12.1 Å². The molecule has 1 amide bonds. The van der Waals surface area contributed by atoms with Gasteiger partial charge < -0.3 is 15.1 Å². The molecule has 2 heterocycles. The number of carbonyl (C=O) groups is 1. The Morgan fingerprint density at radius 3 is 2.25 bits per heavy atom. The number of nitro benzene ring substituents is 1. The quantitative estimate of drug-likeness (QED) is 0.182. The number of likely N-dealkylation sites (tertiary alicyclic amines) is 1. The lowest BCUT2D eigenvalue weighted by molar-refractivity contribution is -0.384. The standard InChI is InChI=1S/C22H34N6O3.HI/c1-18(2)15-23-22(24-16-19-5-7-20(8-6-19)28(30)31)27-13-11-25(12-14-27)17-21(29)26-9-3-4-10-26;/h5-8,18H,3-4,9-17H2,1-2H3,(H,23,24);1H. The van der Waals surface area contributed by atoms with E-state index in [1.807, 2.05) is 4.90 Å². The second-order valence-corrected chi connectivity index (χ2v) is 8.69. The van der Waals surface area contributed by atoms with E-state index >= 15 is 0 Å². The normalized spacial score (nSPS) is 17.4. The van der Waals surface area contributed by atoms with E-state index in [2.05, 4.69) is 29.0 Å². The van der Waals surface area contributed by atoms with Crippen molar-refractivity contribution in [3.63, 3.8) is 0 Å². The van der Waals surface area contributed by atoms with Gasteiger partial charge in [0.05, 0.1) is 18.0 Å². The third-order valence-corrected chi connectivity index (χ3v) is 5.72. The number of hydrogen-bond acceptors (Lipinski definition) is 5. The number of guanidine groups is 1. The van der Waals surface area contributed by atoms with Crippen LogP contribution in [-0.4, -0.2) is 83.8 Å². The van der Waals surface area contributed by atoms with Crippen LogP contribution in [0.1, 0.15) is 32.3 Å². The zero-order valence-corrected chi connectivity index (χ0v) is 21.4. The molecule has 0 atom stereocenters. The molecule has 0 saturated carbocycles. The Labute approximate surface area is 207 Å². The first-order valence-corrected chi connectivity index (χ1v) is 11.2. The van der Waals surface area contributed by atoms with Crippen LogP contribution >= 0.6 is 24.0 Å². The Morgan fingerprint density at radius 2 is 1.69 bits per heavy atom. The molecule has 0 aliphatic carbocycles. The lowest BCUT2D eigenvalue weighted by atomic mass is 10.2. The Kier molecular flexibility index (Phi) is 10.6. The molecular weight excluding hydrogens is 523 g/mol. The van der Waals surface area contributed by atoms with Crippen molar-refractivity contribution in [2.24, 2.45) is 10.9 Å². The van der Waals surface area contributed by atoms with Crippen LogP contribution in [0.2, 0.25) is 0 Å². The first-order valence-electron chi connectivity index (χ1n) is 11.2. The van der Waals surface area contributed by atoms with Gasteiger partial charge in [-0.05, 0) is 24.3 Å². The second-order valence-electron chi connectivity index (χ2n) is 8.69. The van der Waals surface area contributed by atoms with Crippen molar-refractivity contribution in [1.82, 2.24) is 20.0 Å². The molecule has 9 nitrogen and oxygen atoms in total. The van der Waals surface area contributed by atoms with E-state index in [0.29, 0.717) is 19.0 Å². The summed E-state index contributed by atoms with van der Waals surface area (Å²) in [5.74, 6) is 1.59. The Hall–Kier alpha value is -1.95. The van der Waals surface area contributed by atoms with Crippen molar-refractivity contribution in [3.05, 3.63) is 39.9 Å². The highest BCUT2D eigenvalue weighted by atomic mass is 127. The molecule has 2 aliphatic heterocycles. The van der Waals surface area contributed by atoms with Gasteiger partial charge in [0.25, 0.3) is 5.69 Å². The summed E-state index contributed by atoms with van der Waals surface area (Å²) in [5.41, 5.74) is 1.02. The number of non-ortho nitro benzene ring substituents is 1. The van der Waals surface area contributed by atoms with Crippen LogP contribution in [0.15, 0.2) is 29.3 Å². The van der Waals surface area contributed by atoms with Crippen LogP contribution in [0, 0.1) is 16.0 Å². The van der Waals surface area contributed by atoms with E-state index in [0.717, 1.165) is 70.2 Å². The molecule has 1 N–H and O–H groups in total. The van der Waals surface area contributed by atoms with E-state index in [4.69, 9.17) is 4.99 Å². The predicted octanol–water partition coefficient (Wildman–Crippen LogP) is 2.55. The fraction of sp³-hybridized carbons (Fsp3) is 0.636. The minimum absolute atomic E-state index is 0. The smallest absolute Gasteiger partial charge is 0.269 e. The molecule has 0 spiro atoms. The number of hydrogen-bond donors (Lipinski definition) is 1. The summed E-state index contributed by atoms with van der Waals surface area (Å²) in [6, 6.07) is 6.54. The number of halogens is 1. The van der Waals surface area contributed by atoms with Gasteiger partial charge in [0.2, 0.25) is 5.91 Å². The van der Waals surface area contributed by atoms with Crippen molar-refractivity contribution in [1.29, 1.82) is 0 Å². The highest BCUT2D eigenvalue weighted by Gasteiger charge is 2.24. The zero-order valence-electron chi connectivity index (χ0n) is 19.0. The first kappa shape index (κ1) is 26.3. The fourth-order valence-corrected chi connectivity index (χ4v) is 3.83. The monoisotopic (exact) mass is 558 g/mol. The summed E-state index contributed by atoms with van der Waals surface area (Å²) in [7, 11) is 0. The van der Waals surface area contributed by atoms with Crippen molar-refractivity contribution >= 4 is 41.5 Å². The minimum Gasteiger partial charge on any atom is -0.356 e. The van der Waals surface area contributed by atoms with Crippen LogP contribution in [0.5, 0.6) is 0 Å². The zero-order chi connectivity index (χ0) is 22.2. The van der Waals surface area contributed by atoms with E-state index in [9.17, 15) is 14.9 Å². The number of nitro groups is 1. The molecule has 1 aromatic carbocycles. The average Bonchev–Trinajstić information content (AvgIpc) is 3.30. The Balaban J connectivity index is 0.00000363. The second kappa shape index (κ2) is 12.9. The third-order valence-electron chi connectivity index (χ3n) is 5.72. The van der Waals surface area contributed by atoms with Gasteiger partial charge in [-0.15, -0.1) is 24.0 Å². The largest absolute Gasteiger partial charge is 0.356 e. The lowest BCUT2D eigenvalue weighted by Crippen LogP contribution is -2.54. The molecule has 178 valence electrons. The number of carbonyl (C=O) groups excluding carboxylic acids is 1. The summed E-state index contributed by atoms with van der Waals surface area (Å²) in [4.78, 5) is 34.1. The Morgan fingerprint density at radius 1 is 1.06 bits per heavy atom. The molecule has 10 heteroatoms. The van der Waals surface area contributed by atoms with Crippen LogP contribution in [0.25, 0.3) is 0 Å². The van der Waals surface area contributed by atoms with Gasteiger partial charge in [0.15, 0.2) is 5.96 Å². The van der Waals surface area contributed by atoms with E-state index in [1.165, 1.54) is 12.1 Å². The molecule has 1 aromatic rings. The fourth-order valence-electron chi connectivity index (χ4n) is 3.83. The molecule has 0 unspecified atom stereocenters. The summed E-state index contributed by atoms with van der Waals surface area (Å²) < 4.78 is 0. The molecule has 0 aromatic heterocycles. The average molecular weight is 558 g/mol. The molecule has 0 bridgehead atoms. The number of benzene rings is 1. The van der Waals surface area contributed by atoms with Crippen molar-refractivity contribution < 1.29 is 9.72 Å². The van der Waals surface area contributed by atoms with E-state index in [-0.39, 0.29) is 35.6 Å². The molecule has 32 heavy (non-hydrogen) atoms. The number of nitrogens with one attached hydrogen (secondary N) is 1. The molecule has 0 radical (unpaired) electrons. The summed E-state index contributed by atoms with van der Waals surface area (Å²) >= 11 is 0. The van der Waals surface area contributed by atoms with Crippen LogP contribution in [-0.2, 0) is 11.3 Å². The van der Waals surface area contributed by atoms with Gasteiger partial charge >= 0.3 is 0 Å². The van der Waals surface area contributed by atoms with Crippen LogP contribution in [0.3, 0.4) is 0 Å². The highest BCUT2D eigenvalue weighted by Crippen LogP contribution is 2.13. The molecule has 2 fully saturated rings. The minimum atomic E-state index is -0.392. The van der Waals surface area contributed by atoms with Gasteiger partial charge in [0.1, 0.15) is 0 Å². The molecule has 2 aliphatic rings. The first-order chi connectivity index (χ1) is 14.9. The molecule has 3 rings (SSSR count).